The van der Waals surface area contributed by atoms with E-state index in [0.29, 0.717) is 24.2 Å². The lowest BCUT2D eigenvalue weighted by Gasteiger charge is -2.23. The molecule has 31 heavy (non-hydrogen) atoms. The lowest BCUT2D eigenvalue weighted by molar-refractivity contribution is 0.0748. The molecule has 1 aromatic heterocycles. The van der Waals surface area contributed by atoms with Crippen LogP contribution in [0.3, 0.4) is 0 Å². The molecule has 2 heterocycles. The molecule has 0 spiro atoms. The zero-order valence-corrected chi connectivity index (χ0v) is 18.9. The average molecular weight is 438 g/mol. The fraction of sp³-hybridized carbons (Fsp3) is 0.333. The van der Waals surface area contributed by atoms with Gasteiger partial charge in [-0.05, 0) is 25.8 Å². The van der Waals surface area contributed by atoms with Crippen LogP contribution in [0.5, 0.6) is 0 Å². The SMILES string of the molecule is Cc1ccc(Cn2cc(C(=O)N(C)[C@H]3CCS(=O)(=O)C3)c(-c3ccc(C)cc3)n2)cc1. The lowest BCUT2D eigenvalue weighted by Crippen LogP contribution is -2.37. The van der Waals surface area contributed by atoms with Crippen LogP contribution in [-0.2, 0) is 16.4 Å². The van der Waals surface area contributed by atoms with E-state index in [1.165, 1.54) is 5.56 Å². The molecule has 1 amide bonds. The van der Waals surface area contributed by atoms with Crippen molar-refractivity contribution in [2.45, 2.75) is 32.9 Å². The topological polar surface area (TPSA) is 72.3 Å². The summed E-state index contributed by atoms with van der Waals surface area (Å²) in [4.78, 5) is 15.0. The summed E-state index contributed by atoms with van der Waals surface area (Å²) in [5, 5.41) is 4.74. The number of rotatable bonds is 5. The van der Waals surface area contributed by atoms with Gasteiger partial charge in [-0.3, -0.25) is 9.48 Å². The van der Waals surface area contributed by atoms with Gasteiger partial charge in [0.15, 0.2) is 9.84 Å². The second-order valence-corrected chi connectivity index (χ2v) is 10.6. The average Bonchev–Trinajstić information content (AvgIpc) is 3.32. The molecule has 162 valence electrons. The summed E-state index contributed by atoms with van der Waals surface area (Å²) in [7, 11) is -1.39. The summed E-state index contributed by atoms with van der Waals surface area (Å²) < 4.78 is 25.6. The van der Waals surface area contributed by atoms with Crippen LogP contribution in [-0.4, -0.2) is 53.6 Å². The van der Waals surface area contributed by atoms with Gasteiger partial charge < -0.3 is 4.90 Å². The first-order chi connectivity index (χ1) is 14.7. The number of sulfone groups is 1. The van der Waals surface area contributed by atoms with E-state index in [0.717, 1.165) is 16.7 Å². The highest BCUT2D eigenvalue weighted by Gasteiger charge is 2.34. The van der Waals surface area contributed by atoms with Crippen molar-refractivity contribution >= 4 is 15.7 Å². The minimum Gasteiger partial charge on any atom is -0.338 e. The van der Waals surface area contributed by atoms with Gasteiger partial charge in [-0.2, -0.15) is 5.10 Å². The molecule has 6 nitrogen and oxygen atoms in total. The van der Waals surface area contributed by atoms with E-state index in [2.05, 4.69) is 24.3 Å². The van der Waals surface area contributed by atoms with E-state index in [1.54, 1.807) is 22.8 Å². The van der Waals surface area contributed by atoms with Crippen LogP contribution in [0.4, 0.5) is 0 Å². The van der Waals surface area contributed by atoms with Crippen LogP contribution < -0.4 is 0 Å². The molecular weight excluding hydrogens is 410 g/mol. The summed E-state index contributed by atoms with van der Waals surface area (Å²) in [5.41, 5.74) is 5.38. The van der Waals surface area contributed by atoms with Crippen molar-refractivity contribution in [2.24, 2.45) is 0 Å². The van der Waals surface area contributed by atoms with Crippen molar-refractivity contribution in [3.63, 3.8) is 0 Å². The summed E-state index contributed by atoms with van der Waals surface area (Å²) in [6.45, 7) is 4.61. The molecule has 1 atom stereocenters. The molecule has 0 bridgehead atoms. The van der Waals surface area contributed by atoms with Gasteiger partial charge in [-0.1, -0.05) is 59.7 Å². The maximum Gasteiger partial charge on any atom is 0.257 e. The Morgan fingerprint density at radius 2 is 1.68 bits per heavy atom. The molecule has 1 fully saturated rings. The zero-order chi connectivity index (χ0) is 22.2. The second-order valence-electron chi connectivity index (χ2n) is 8.41. The zero-order valence-electron chi connectivity index (χ0n) is 18.1. The monoisotopic (exact) mass is 437 g/mol. The fourth-order valence-corrected chi connectivity index (χ4v) is 5.68. The molecule has 3 aromatic rings. The molecule has 1 saturated heterocycles. The van der Waals surface area contributed by atoms with Crippen LogP contribution >= 0.6 is 0 Å². The predicted octanol–water partition coefficient (Wildman–Crippen LogP) is 3.47. The van der Waals surface area contributed by atoms with E-state index in [9.17, 15) is 13.2 Å². The maximum absolute atomic E-state index is 13.4. The summed E-state index contributed by atoms with van der Waals surface area (Å²) in [6, 6.07) is 15.8. The predicted molar refractivity (Wildman–Crippen MR) is 122 cm³/mol. The Kier molecular flexibility index (Phi) is 5.71. The highest BCUT2D eigenvalue weighted by molar-refractivity contribution is 7.91. The van der Waals surface area contributed by atoms with E-state index in [4.69, 9.17) is 5.10 Å². The first-order valence-corrected chi connectivity index (χ1v) is 12.2. The van der Waals surface area contributed by atoms with E-state index < -0.39 is 9.84 Å². The lowest BCUT2D eigenvalue weighted by atomic mass is 10.1. The van der Waals surface area contributed by atoms with Gasteiger partial charge in [0.05, 0.1) is 23.6 Å². The van der Waals surface area contributed by atoms with Crippen LogP contribution in [0.25, 0.3) is 11.3 Å². The van der Waals surface area contributed by atoms with Gasteiger partial charge in [-0.25, -0.2) is 8.42 Å². The van der Waals surface area contributed by atoms with Gasteiger partial charge in [0, 0.05) is 24.8 Å². The minimum atomic E-state index is -3.08. The Bertz CT molecular complexity index is 1200. The number of hydrogen-bond acceptors (Lipinski definition) is 4. The maximum atomic E-state index is 13.4. The van der Waals surface area contributed by atoms with Gasteiger partial charge in [-0.15, -0.1) is 0 Å². The Balaban J connectivity index is 1.68. The van der Waals surface area contributed by atoms with Crippen molar-refractivity contribution in [3.8, 4) is 11.3 Å². The molecule has 0 saturated carbocycles. The van der Waals surface area contributed by atoms with E-state index >= 15 is 0 Å². The third-order valence-electron chi connectivity index (χ3n) is 5.86. The third-order valence-corrected chi connectivity index (χ3v) is 7.61. The molecule has 7 heteroatoms. The van der Waals surface area contributed by atoms with Crippen LogP contribution in [0, 0.1) is 13.8 Å². The number of benzene rings is 2. The number of hydrogen-bond donors (Lipinski definition) is 0. The molecule has 0 N–H and O–H groups in total. The summed E-state index contributed by atoms with van der Waals surface area (Å²) in [6.07, 6.45) is 2.25. The number of aryl methyl sites for hydroxylation is 2. The van der Waals surface area contributed by atoms with Crippen molar-refractivity contribution < 1.29 is 13.2 Å². The molecule has 0 aliphatic carbocycles. The standard InChI is InChI=1S/C24H27N3O3S/c1-17-4-8-19(9-5-17)14-27-15-22(23(25-27)20-10-6-18(2)7-11-20)24(28)26(3)21-12-13-31(29,30)16-21/h4-11,15,21H,12-14,16H2,1-3H3/t21-/m0/s1. The van der Waals surface area contributed by atoms with Crippen molar-refractivity contribution in [2.75, 3.05) is 18.6 Å². The smallest absolute Gasteiger partial charge is 0.257 e. The molecule has 4 rings (SSSR count). The number of carbonyl (C=O) groups excluding carboxylic acids is 1. The van der Waals surface area contributed by atoms with Gasteiger partial charge in [0.25, 0.3) is 5.91 Å². The Labute approximate surface area is 183 Å². The second kappa shape index (κ2) is 8.30. The highest BCUT2D eigenvalue weighted by atomic mass is 32.2. The van der Waals surface area contributed by atoms with Crippen molar-refractivity contribution in [1.82, 2.24) is 14.7 Å². The normalized spacial score (nSPS) is 17.6. The van der Waals surface area contributed by atoms with Crippen molar-refractivity contribution in [1.29, 1.82) is 0 Å². The fourth-order valence-electron chi connectivity index (χ4n) is 3.90. The van der Waals surface area contributed by atoms with Crippen LogP contribution in [0.2, 0.25) is 0 Å². The van der Waals surface area contributed by atoms with Crippen LogP contribution in [0.1, 0.15) is 33.5 Å². The van der Waals surface area contributed by atoms with Crippen molar-refractivity contribution in [3.05, 3.63) is 77.0 Å². The van der Waals surface area contributed by atoms with Gasteiger partial charge in [0.1, 0.15) is 5.69 Å². The first kappa shape index (κ1) is 21.3. The molecular formula is C24H27N3O3S. The number of carbonyl (C=O) groups is 1. The van der Waals surface area contributed by atoms with Crippen LogP contribution in [0.15, 0.2) is 54.7 Å². The molecule has 0 radical (unpaired) electrons. The van der Waals surface area contributed by atoms with Gasteiger partial charge in [0.2, 0.25) is 0 Å². The molecule has 1 aliphatic heterocycles. The third kappa shape index (κ3) is 4.71. The summed E-state index contributed by atoms with van der Waals surface area (Å²) >= 11 is 0. The minimum absolute atomic E-state index is 0.0204. The van der Waals surface area contributed by atoms with E-state index in [-0.39, 0.29) is 23.5 Å². The first-order valence-electron chi connectivity index (χ1n) is 10.4. The molecule has 2 aromatic carbocycles. The Morgan fingerprint density at radius 3 is 2.26 bits per heavy atom. The summed E-state index contributed by atoms with van der Waals surface area (Å²) in [5.74, 6) is -0.0489. The largest absolute Gasteiger partial charge is 0.338 e. The quantitative estimate of drug-likeness (QED) is 0.613. The number of aromatic nitrogens is 2. The Hall–Kier alpha value is -2.93. The van der Waals surface area contributed by atoms with Gasteiger partial charge >= 0.3 is 0 Å². The number of amides is 1. The molecule has 1 aliphatic rings. The number of nitrogens with zero attached hydrogens (tertiary/aromatic N) is 3. The van der Waals surface area contributed by atoms with E-state index in [1.807, 2.05) is 38.1 Å². The molecule has 0 unspecified atom stereocenters. The highest BCUT2D eigenvalue weighted by Crippen LogP contribution is 2.26. The Morgan fingerprint density at radius 1 is 1.06 bits per heavy atom.